The van der Waals surface area contributed by atoms with Crippen molar-refractivity contribution in [1.82, 2.24) is 9.29 Å². The minimum absolute atomic E-state index is 0.0999. The molecule has 0 atom stereocenters. The first kappa shape index (κ1) is 16.3. The highest BCUT2D eigenvalue weighted by Crippen LogP contribution is 2.28. The van der Waals surface area contributed by atoms with Gasteiger partial charge in [-0.1, -0.05) is 30.3 Å². The standard InChI is InChI=1S/C15H13N3O4S2/c1-18-12(15(19)22-2)8-11(17-24(18,20)21)13-9-16-14(23-13)10-6-4-3-5-7-10/h3-9H,1-2H3. The first-order valence-corrected chi connectivity index (χ1v) is 9.04. The molecule has 9 heteroatoms. The number of likely N-dealkylation sites (N-methyl/N-ethyl adjacent to an activating group) is 1. The quantitative estimate of drug-likeness (QED) is 0.777. The van der Waals surface area contributed by atoms with E-state index in [-0.39, 0.29) is 11.4 Å². The Bertz CT molecular complexity index is 946. The van der Waals surface area contributed by atoms with Crippen molar-refractivity contribution in [2.24, 2.45) is 4.40 Å². The molecule has 0 amide bonds. The van der Waals surface area contributed by atoms with Crippen LogP contribution in [0, 0.1) is 0 Å². The lowest BCUT2D eigenvalue weighted by Gasteiger charge is -2.21. The maximum atomic E-state index is 12.1. The molecule has 7 nitrogen and oxygen atoms in total. The minimum Gasteiger partial charge on any atom is -0.464 e. The summed E-state index contributed by atoms with van der Waals surface area (Å²) in [7, 11) is -1.55. The van der Waals surface area contributed by atoms with Gasteiger partial charge in [0.05, 0.1) is 17.7 Å². The fourth-order valence-electron chi connectivity index (χ4n) is 2.07. The van der Waals surface area contributed by atoms with E-state index in [2.05, 4.69) is 14.1 Å². The van der Waals surface area contributed by atoms with Gasteiger partial charge in [-0.15, -0.1) is 15.7 Å². The van der Waals surface area contributed by atoms with E-state index < -0.39 is 16.2 Å². The molecule has 0 fully saturated rings. The second-order valence-electron chi connectivity index (χ2n) is 4.84. The average Bonchev–Trinajstić information content (AvgIpc) is 3.07. The fourth-order valence-corrected chi connectivity index (χ4v) is 3.91. The van der Waals surface area contributed by atoms with Crippen LogP contribution in [0.3, 0.4) is 0 Å². The summed E-state index contributed by atoms with van der Waals surface area (Å²) in [6.45, 7) is 0. The minimum atomic E-state index is -3.99. The van der Waals surface area contributed by atoms with Crippen LogP contribution in [0.15, 0.2) is 52.7 Å². The maximum Gasteiger partial charge on any atom is 0.355 e. The van der Waals surface area contributed by atoms with Crippen LogP contribution in [0.4, 0.5) is 0 Å². The molecular weight excluding hydrogens is 350 g/mol. The molecule has 1 aliphatic heterocycles. The second kappa shape index (κ2) is 6.17. The Labute approximate surface area is 143 Å². The zero-order valence-electron chi connectivity index (χ0n) is 12.8. The van der Waals surface area contributed by atoms with Gasteiger partial charge < -0.3 is 4.74 Å². The second-order valence-corrected chi connectivity index (χ2v) is 7.50. The van der Waals surface area contributed by atoms with E-state index in [1.165, 1.54) is 37.8 Å². The van der Waals surface area contributed by atoms with E-state index in [9.17, 15) is 13.2 Å². The highest BCUT2D eigenvalue weighted by Gasteiger charge is 2.31. The van der Waals surface area contributed by atoms with Crippen molar-refractivity contribution in [3.05, 3.63) is 53.2 Å². The molecular formula is C15H13N3O4S2. The molecule has 3 rings (SSSR count). The van der Waals surface area contributed by atoms with Crippen LogP contribution in [0.25, 0.3) is 10.6 Å². The van der Waals surface area contributed by atoms with E-state index >= 15 is 0 Å². The number of carbonyl (C=O) groups is 1. The fraction of sp³-hybridized carbons (Fsp3) is 0.133. The molecule has 1 aliphatic rings. The van der Waals surface area contributed by atoms with Crippen molar-refractivity contribution in [3.63, 3.8) is 0 Å². The molecule has 0 saturated heterocycles. The first-order valence-electron chi connectivity index (χ1n) is 6.83. The van der Waals surface area contributed by atoms with Gasteiger partial charge in [0.25, 0.3) is 0 Å². The number of esters is 1. The Morgan fingerprint density at radius 1 is 1.25 bits per heavy atom. The van der Waals surface area contributed by atoms with Gasteiger partial charge >= 0.3 is 16.2 Å². The Morgan fingerprint density at radius 3 is 2.62 bits per heavy atom. The summed E-state index contributed by atoms with van der Waals surface area (Å²) < 4.78 is 33.5. The van der Waals surface area contributed by atoms with Gasteiger partial charge in [-0.3, -0.25) is 0 Å². The van der Waals surface area contributed by atoms with Crippen molar-refractivity contribution in [2.45, 2.75) is 0 Å². The molecule has 24 heavy (non-hydrogen) atoms. The molecule has 2 heterocycles. The van der Waals surface area contributed by atoms with Crippen molar-refractivity contribution in [3.8, 4) is 10.6 Å². The van der Waals surface area contributed by atoms with Gasteiger partial charge in [0, 0.05) is 18.8 Å². The predicted molar refractivity (Wildman–Crippen MR) is 90.9 cm³/mol. The molecule has 0 unspecified atom stereocenters. The lowest BCUT2D eigenvalue weighted by Crippen LogP contribution is -2.33. The normalized spacial score (nSPS) is 16.3. The lowest BCUT2D eigenvalue weighted by molar-refractivity contribution is -0.137. The van der Waals surface area contributed by atoms with Gasteiger partial charge in [0.15, 0.2) is 0 Å². The number of hydrogen-bond donors (Lipinski definition) is 0. The van der Waals surface area contributed by atoms with Crippen molar-refractivity contribution >= 4 is 33.2 Å². The highest BCUT2D eigenvalue weighted by molar-refractivity contribution is 7.88. The number of carbonyl (C=O) groups excluding carboxylic acids is 1. The molecule has 0 bridgehead atoms. The first-order chi connectivity index (χ1) is 11.4. The molecule has 1 aromatic carbocycles. The number of benzene rings is 1. The largest absolute Gasteiger partial charge is 0.464 e. The molecule has 1 aromatic heterocycles. The zero-order chi connectivity index (χ0) is 17.3. The predicted octanol–water partition coefficient (Wildman–Crippen LogP) is 1.85. The Morgan fingerprint density at radius 2 is 1.96 bits per heavy atom. The SMILES string of the molecule is COC(=O)C1=CC(c2cnc(-c3ccccc3)s2)=NS(=O)(=O)N1C. The number of allylic oxidation sites excluding steroid dienone is 1. The summed E-state index contributed by atoms with van der Waals surface area (Å²) in [6.07, 6.45) is 2.92. The summed E-state index contributed by atoms with van der Waals surface area (Å²) in [5, 5.41) is 0.734. The number of hydrogen-bond acceptors (Lipinski definition) is 6. The Hall–Kier alpha value is -2.52. The van der Waals surface area contributed by atoms with Crippen LogP contribution < -0.4 is 0 Å². The molecule has 0 N–H and O–H groups in total. The third-order valence-corrected chi connectivity index (χ3v) is 5.73. The van der Waals surface area contributed by atoms with E-state index in [0.717, 1.165) is 14.9 Å². The van der Waals surface area contributed by atoms with Gasteiger partial charge in [0.2, 0.25) is 0 Å². The molecule has 0 aliphatic carbocycles. The maximum absolute atomic E-state index is 12.1. The van der Waals surface area contributed by atoms with Gasteiger partial charge in [-0.2, -0.15) is 8.42 Å². The van der Waals surface area contributed by atoms with Crippen LogP contribution >= 0.6 is 11.3 Å². The third kappa shape index (κ3) is 2.95. The summed E-state index contributed by atoms with van der Waals surface area (Å²) in [5.41, 5.74) is 0.979. The van der Waals surface area contributed by atoms with E-state index in [4.69, 9.17) is 0 Å². The number of aromatic nitrogens is 1. The van der Waals surface area contributed by atoms with Crippen LogP contribution in [0.5, 0.6) is 0 Å². The Balaban J connectivity index is 2.04. The molecule has 0 spiro atoms. The van der Waals surface area contributed by atoms with Gasteiger partial charge in [-0.25, -0.2) is 14.1 Å². The molecule has 0 saturated carbocycles. The lowest BCUT2D eigenvalue weighted by atomic mass is 10.2. The van der Waals surface area contributed by atoms with Crippen molar-refractivity contribution in [1.29, 1.82) is 0 Å². The molecule has 124 valence electrons. The number of methoxy groups -OCH3 is 1. The van der Waals surface area contributed by atoms with Crippen molar-refractivity contribution in [2.75, 3.05) is 14.2 Å². The van der Waals surface area contributed by atoms with Crippen LogP contribution in [0.1, 0.15) is 4.88 Å². The molecule has 0 radical (unpaired) electrons. The number of thiazole rings is 1. The third-order valence-electron chi connectivity index (χ3n) is 3.35. The van der Waals surface area contributed by atoms with Crippen molar-refractivity contribution < 1.29 is 17.9 Å². The van der Waals surface area contributed by atoms with Crippen LogP contribution in [0.2, 0.25) is 0 Å². The number of ether oxygens (including phenoxy) is 1. The van der Waals surface area contributed by atoms with E-state index in [1.54, 1.807) is 0 Å². The average molecular weight is 363 g/mol. The van der Waals surface area contributed by atoms with E-state index in [0.29, 0.717) is 4.88 Å². The summed E-state index contributed by atoms with van der Waals surface area (Å²) >= 11 is 1.29. The van der Waals surface area contributed by atoms with Gasteiger partial charge in [0.1, 0.15) is 10.7 Å². The van der Waals surface area contributed by atoms with Crippen LogP contribution in [-0.4, -0.2) is 43.5 Å². The van der Waals surface area contributed by atoms with Gasteiger partial charge in [-0.05, 0) is 6.08 Å². The van der Waals surface area contributed by atoms with Crippen LogP contribution in [-0.2, 0) is 19.7 Å². The summed E-state index contributed by atoms with van der Waals surface area (Å²) in [4.78, 5) is 16.7. The monoisotopic (exact) mass is 363 g/mol. The highest BCUT2D eigenvalue weighted by atomic mass is 32.2. The number of nitrogens with zero attached hydrogens (tertiary/aromatic N) is 3. The Kier molecular flexibility index (Phi) is 4.20. The smallest absolute Gasteiger partial charge is 0.355 e. The summed E-state index contributed by atoms with van der Waals surface area (Å²) in [6, 6.07) is 9.50. The number of rotatable bonds is 3. The van der Waals surface area contributed by atoms with E-state index in [1.807, 2.05) is 30.3 Å². The summed E-state index contributed by atoms with van der Waals surface area (Å²) in [5.74, 6) is -0.749. The topological polar surface area (TPSA) is 88.9 Å². The zero-order valence-corrected chi connectivity index (χ0v) is 14.5. The molecule has 2 aromatic rings.